The second kappa shape index (κ2) is 3.72. The minimum absolute atomic E-state index is 0.213. The summed E-state index contributed by atoms with van der Waals surface area (Å²) in [7, 11) is -4.04. The first-order chi connectivity index (χ1) is 5.49. The number of thiocarbonyl (C=S) groups is 1. The van der Waals surface area contributed by atoms with Gasteiger partial charge in [0.1, 0.15) is 0 Å². The van der Waals surface area contributed by atoms with Gasteiger partial charge in [0.15, 0.2) is 0 Å². The van der Waals surface area contributed by atoms with E-state index in [1.54, 1.807) is 10.9 Å². The maximum atomic E-state index is 10.5. The maximum absolute atomic E-state index is 10.5. The summed E-state index contributed by atoms with van der Waals surface area (Å²) < 4.78 is 10.5. The van der Waals surface area contributed by atoms with Gasteiger partial charge in [-0.2, -0.15) is 0 Å². The van der Waals surface area contributed by atoms with Crippen LogP contribution in [0.3, 0.4) is 0 Å². The van der Waals surface area contributed by atoms with Crippen molar-refractivity contribution in [2.45, 2.75) is 0 Å². The summed E-state index contributed by atoms with van der Waals surface area (Å²) in [4.78, 5) is 21.2. The van der Waals surface area contributed by atoms with E-state index in [0.717, 1.165) is 0 Å². The van der Waals surface area contributed by atoms with Gasteiger partial charge in [-0.15, -0.1) is 11.3 Å². The summed E-state index contributed by atoms with van der Waals surface area (Å²) >= 11 is 6.12. The first-order valence-corrected chi connectivity index (χ1v) is 6.10. The van der Waals surface area contributed by atoms with E-state index in [4.69, 9.17) is 22.0 Å². The molecule has 0 saturated carbocycles. The third kappa shape index (κ3) is 3.08. The van der Waals surface area contributed by atoms with E-state index in [9.17, 15) is 4.57 Å². The van der Waals surface area contributed by atoms with Crippen molar-refractivity contribution in [3.8, 4) is 0 Å². The van der Waals surface area contributed by atoms with Gasteiger partial charge in [-0.3, -0.25) is 4.57 Å². The molecule has 0 aliphatic carbocycles. The molecule has 0 aliphatic rings. The van der Waals surface area contributed by atoms with Crippen molar-refractivity contribution in [2.24, 2.45) is 0 Å². The molecule has 2 N–H and O–H groups in total. The lowest BCUT2D eigenvalue weighted by Crippen LogP contribution is -2.04. The molecule has 1 heterocycles. The number of nitrogens with zero attached hydrogens (tertiary/aromatic N) is 1. The molecule has 0 bridgehead atoms. The van der Waals surface area contributed by atoms with Crippen LogP contribution in [0, 0.1) is 0 Å². The SMILES string of the molecule is O=P(O)(O)CC(=S)c1cscn1. The lowest BCUT2D eigenvalue weighted by molar-refractivity contribution is 0.378. The number of hydrogen-bond donors (Lipinski definition) is 2. The van der Waals surface area contributed by atoms with E-state index in [2.05, 4.69) is 4.98 Å². The van der Waals surface area contributed by atoms with Gasteiger partial charge in [0, 0.05) is 5.38 Å². The zero-order chi connectivity index (χ0) is 9.19. The summed E-state index contributed by atoms with van der Waals surface area (Å²) in [5, 5.41) is 1.66. The van der Waals surface area contributed by atoms with Crippen molar-refractivity contribution < 1.29 is 14.4 Å². The van der Waals surface area contributed by atoms with Gasteiger partial charge in [0.2, 0.25) is 0 Å². The molecule has 12 heavy (non-hydrogen) atoms. The van der Waals surface area contributed by atoms with Crippen molar-refractivity contribution >= 4 is 36.0 Å². The molecule has 0 saturated heterocycles. The third-order valence-electron chi connectivity index (χ3n) is 1.07. The quantitative estimate of drug-likeness (QED) is 0.455. The minimum Gasteiger partial charge on any atom is -0.324 e. The normalized spacial score (nSPS) is 11.5. The molecule has 0 amide bonds. The van der Waals surface area contributed by atoms with E-state index >= 15 is 0 Å². The zero-order valence-corrected chi connectivity index (χ0v) is 8.40. The highest BCUT2D eigenvalue weighted by Gasteiger charge is 2.17. The van der Waals surface area contributed by atoms with Crippen LogP contribution in [0.25, 0.3) is 0 Å². The van der Waals surface area contributed by atoms with Crippen molar-refractivity contribution in [2.75, 3.05) is 6.16 Å². The summed E-state index contributed by atoms with van der Waals surface area (Å²) in [6.07, 6.45) is -0.397. The molecule has 0 radical (unpaired) electrons. The standard InChI is InChI=1S/C5H6NO3PS2/c7-10(8,9)1-5(11)4-2-12-3-6-4/h2-3H,1H2,(H2,7,8,9). The summed E-state index contributed by atoms with van der Waals surface area (Å²) in [6.45, 7) is 0. The first kappa shape index (κ1) is 9.95. The van der Waals surface area contributed by atoms with E-state index in [1.807, 2.05) is 0 Å². The Morgan fingerprint density at radius 3 is 2.83 bits per heavy atom. The molecule has 7 heteroatoms. The molecule has 0 aliphatic heterocycles. The second-order valence-corrected chi connectivity index (χ2v) is 4.98. The van der Waals surface area contributed by atoms with Crippen molar-refractivity contribution in [3.05, 3.63) is 16.6 Å². The van der Waals surface area contributed by atoms with Crippen molar-refractivity contribution in [3.63, 3.8) is 0 Å². The van der Waals surface area contributed by atoms with Gasteiger partial charge in [0.25, 0.3) is 0 Å². The monoisotopic (exact) mass is 223 g/mol. The van der Waals surface area contributed by atoms with E-state index in [-0.39, 0.29) is 4.86 Å². The van der Waals surface area contributed by atoms with Crippen LogP contribution in [0.5, 0.6) is 0 Å². The van der Waals surface area contributed by atoms with Crippen LogP contribution in [0.4, 0.5) is 0 Å². The fraction of sp³-hybridized carbons (Fsp3) is 0.200. The molecule has 1 aromatic heterocycles. The molecule has 0 spiro atoms. The van der Waals surface area contributed by atoms with Crippen LogP contribution in [0.1, 0.15) is 5.69 Å². The van der Waals surface area contributed by atoms with Crippen LogP contribution in [0.2, 0.25) is 0 Å². The Labute approximate surface area is 78.4 Å². The number of thiazole rings is 1. The largest absolute Gasteiger partial charge is 0.330 e. The fourth-order valence-corrected chi connectivity index (χ4v) is 2.41. The number of aromatic nitrogens is 1. The second-order valence-electron chi connectivity index (χ2n) is 2.12. The molecular weight excluding hydrogens is 217 g/mol. The van der Waals surface area contributed by atoms with Crippen LogP contribution in [-0.2, 0) is 4.57 Å². The lowest BCUT2D eigenvalue weighted by Gasteiger charge is -2.01. The molecule has 0 fully saturated rings. The van der Waals surface area contributed by atoms with Crippen LogP contribution in [-0.4, -0.2) is 25.8 Å². The van der Waals surface area contributed by atoms with Gasteiger partial charge in [-0.1, -0.05) is 12.2 Å². The van der Waals surface area contributed by atoms with Gasteiger partial charge in [-0.25, -0.2) is 4.98 Å². The Morgan fingerprint density at radius 1 is 1.75 bits per heavy atom. The van der Waals surface area contributed by atoms with Crippen molar-refractivity contribution in [1.82, 2.24) is 4.98 Å². The Hall–Kier alpha value is -0.130. The molecule has 0 aromatic carbocycles. The minimum atomic E-state index is -4.04. The highest BCUT2D eigenvalue weighted by atomic mass is 32.1. The Morgan fingerprint density at radius 2 is 2.42 bits per heavy atom. The molecule has 4 nitrogen and oxygen atoms in total. The van der Waals surface area contributed by atoms with Gasteiger partial charge >= 0.3 is 7.60 Å². The van der Waals surface area contributed by atoms with Crippen LogP contribution >= 0.6 is 31.2 Å². The highest BCUT2D eigenvalue weighted by Crippen LogP contribution is 2.35. The predicted molar refractivity (Wildman–Crippen MR) is 50.7 cm³/mol. The van der Waals surface area contributed by atoms with Gasteiger partial charge in [-0.05, 0) is 0 Å². The van der Waals surface area contributed by atoms with Crippen LogP contribution in [0.15, 0.2) is 10.9 Å². The molecule has 1 rings (SSSR count). The Balaban J connectivity index is 2.69. The van der Waals surface area contributed by atoms with Crippen molar-refractivity contribution in [1.29, 1.82) is 0 Å². The topological polar surface area (TPSA) is 70.4 Å². The highest BCUT2D eigenvalue weighted by molar-refractivity contribution is 7.81. The van der Waals surface area contributed by atoms with Gasteiger partial charge < -0.3 is 9.79 Å². The average molecular weight is 223 g/mol. The first-order valence-electron chi connectivity index (χ1n) is 2.95. The molecule has 1 aromatic rings. The average Bonchev–Trinajstić information content (AvgIpc) is 2.32. The van der Waals surface area contributed by atoms with Crippen LogP contribution < -0.4 is 0 Å². The van der Waals surface area contributed by atoms with E-state index in [0.29, 0.717) is 5.69 Å². The summed E-state index contributed by atoms with van der Waals surface area (Å²) in [6, 6.07) is 0. The predicted octanol–water partition coefficient (Wildman–Crippen LogP) is 1.04. The number of rotatable bonds is 3. The Bertz CT molecular complexity index is 317. The smallest absolute Gasteiger partial charge is 0.324 e. The molecular formula is C5H6NO3PS2. The summed E-state index contributed by atoms with van der Waals surface area (Å²) in [5.41, 5.74) is 2.06. The molecule has 66 valence electrons. The zero-order valence-electron chi connectivity index (χ0n) is 5.88. The lowest BCUT2D eigenvalue weighted by atomic mass is 10.4. The number of hydrogen-bond acceptors (Lipinski definition) is 4. The third-order valence-corrected chi connectivity index (χ3v) is 2.95. The van der Waals surface area contributed by atoms with Gasteiger partial charge in [0.05, 0.1) is 22.2 Å². The molecule has 0 unspecified atom stereocenters. The molecule has 0 atom stereocenters. The summed E-state index contributed by atoms with van der Waals surface area (Å²) in [5.74, 6) is 0. The maximum Gasteiger partial charge on any atom is 0.330 e. The Kier molecular flexibility index (Phi) is 3.09. The van der Waals surface area contributed by atoms with E-state index in [1.165, 1.54) is 11.3 Å². The van der Waals surface area contributed by atoms with E-state index < -0.39 is 13.8 Å². The fourth-order valence-electron chi connectivity index (χ4n) is 0.618.